The highest BCUT2D eigenvalue weighted by molar-refractivity contribution is 7.90. The molecule has 0 fully saturated rings. The van der Waals surface area contributed by atoms with Crippen LogP contribution >= 0.6 is 0 Å². The molecule has 3 aromatic carbocycles. The molecule has 0 heterocycles. The van der Waals surface area contributed by atoms with Gasteiger partial charge in [0, 0.05) is 13.5 Å². The number of rotatable bonds is 9. The van der Waals surface area contributed by atoms with Gasteiger partial charge in [-0.3, -0.25) is 9.63 Å². The topological polar surface area (TPSA) is 97.5 Å². The third kappa shape index (κ3) is 6.03. The van der Waals surface area contributed by atoms with E-state index < -0.39 is 58.4 Å². The first-order chi connectivity index (χ1) is 16.7. The van der Waals surface area contributed by atoms with Gasteiger partial charge in [0.25, 0.3) is 5.91 Å². The van der Waals surface area contributed by atoms with Gasteiger partial charge in [0.15, 0.2) is 29.0 Å². The van der Waals surface area contributed by atoms with Crippen molar-refractivity contribution in [2.75, 3.05) is 24.2 Å². The fourth-order valence-corrected chi connectivity index (χ4v) is 3.72. The van der Waals surface area contributed by atoms with Crippen LogP contribution in [0.4, 0.5) is 34.6 Å². The number of carbonyl (C=O) groups excluding carboxylic acids is 1. The average molecular weight is 511 g/mol. The Morgan fingerprint density at radius 1 is 1.00 bits per heavy atom. The molecule has 1 amide bonds. The number of carbonyl (C=O) groups is 1. The molecule has 12 heteroatoms. The van der Waals surface area contributed by atoms with Crippen molar-refractivity contribution in [3.63, 3.8) is 0 Å². The molecule has 0 aliphatic heterocycles. The number of nitrogens with one attached hydrogen (secondary N) is 4. The maximum Gasteiger partial charge on any atom is 0.277 e. The predicted octanol–water partition coefficient (Wildman–Crippen LogP) is 4.39. The lowest BCUT2D eigenvalue weighted by atomic mass is 9.99. The zero-order valence-corrected chi connectivity index (χ0v) is 19.7. The zero-order valence-electron chi connectivity index (χ0n) is 18.9. The number of hydroxylamine groups is 1. The number of benzene rings is 3. The molecule has 35 heavy (non-hydrogen) atoms. The van der Waals surface area contributed by atoms with Crippen LogP contribution in [0.1, 0.15) is 27.0 Å². The fourth-order valence-electron chi connectivity index (χ4n) is 3.26. The molecule has 0 aliphatic carbocycles. The summed E-state index contributed by atoms with van der Waals surface area (Å²) in [4.78, 5) is 17.1. The lowest BCUT2D eigenvalue weighted by Gasteiger charge is -2.17. The quantitative estimate of drug-likeness (QED) is 0.194. The summed E-state index contributed by atoms with van der Waals surface area (Å²) >= 11 is -1.77. The molecule has 3 rings (SSSR count). The number of hydrogen-bond donors (Lipinski definition) is 4. The van der Waals surface area contributed by atoms with Crippen molar-refractivity contribution in [3.8, 4) is 0 Å². The van der Waals surface area contributed by atoms with Gasteiger partial charge in [-0.2, -0.15) is 4.72 Å². The molecule has 0 aromatic heterocycles. The Balaban J connectivity index is 2.06. The molecule has 0 saturated heterocycles. The minimum absolute atomic E-state index is 0.0511. The van der Waals surface area contributed by atoms with Crippen LogP contribution < -0.4 is 20.2 Å². The zero-order chi connectivity index (χ0) is 25.7. The predicted molar refractivity (Wildman–Crippen MR) is 125 cm³/mol. The summed E-state index contributed by atoms with van der Waals surface area (Å²) in [6, 6.07) is 9.17. The van der Waals surface area contributed by atoms with Crippen LogP contribution in [-0.2, 0) is 22.8 Å². The van der Waals surface area contributed by atoms with E-state index in [1.54, 1.807) is 13.0 Å². The second-order valence-electron chi connectivity index (χ2n) is 7.36. The molecule has 186 valence electrons. The van der Waals surface area contributed by atoms with Gasteiger partial charge in [-0.05, 0) is 47.9 Å². The number of aryl methyl sites for hydroxylation is 1. The summed E-state index contributed by atoms with van der Waals surface area (Å²) in [6.45, 7) is 1.65. The maximum absolute atomic E-state index is 15.2. The Bertz CT molecular complexity index is 1250. The van der Waals surface area contributed by atoms with Gasteiger partial charge in [0.1, 0.15) is 11.5 Å². The summed E-state index contributed by atoms with van der Waals surface area (Å²) < 4.78 is 75.9. The summed E-state index contributed by atoms with van der Waals surface area (Å²) in [5, 5.41) is 2.42. The van der Waals surface area contributed by atoms with Crippen molar-refractivity contribution in [2.24, 2.45) is 0 Å². The lowest BCUT2D eigenvalue weighted by Crippen LogP contribution is -2.27. The molecule has 0 radical (unpaired) electrons. The van der Waals surface area contributed by atoms with E-state index in [1.807, 2.05) is 5.48 Å². The fraction of sp³-hybridized carbons (Fsp3) is 0.174. The Labute approximate surface area is 202 Å². The molecule has 0 bridgehead atoms. The molecule has 0 saturated carbocycles. The summed E-state index contributed by atoms with van der Waals surface area (Å²) in [5.74, 6) is -5.33. The smallest absolute Gasteiger partial charge is 0.277 e. The van der Waals surface area contributed by atoms with Gasteiger partial charge in [0.05, 0.1) is 24.0 Å². The molecule has 7 nitrogen and oxygen atoms in total. The van der Waals surface area contributed by atoms with Crippen molar-refractivity contribution >= 4 is 34.5 Å². The van der Waals surface area contributed by atoms with Crippen molar-refractivity contribution in [2.45, 2.75) is 13.3 Å². The third-order valence-corrected chi connectivity index (χ3v) is 5.73. The van der Waals surface area contributed by atoms with Gasteiger partial charge < -0.3 is 9.87 Å². The summed E-state index contributed by atoms with van der Waals surface area (Å²) in [6.07, 6.45) is -0.442. The number of amides is 1. The van der Waals surface area contributed by atoms with Crippen LogP contribution in [0.5, 0.6) is 0 Å². The van der Waals surface area contributed by atoms with Crippen LogP contribution in [0.15, 0.2) is 42.5 Å². The highest BCUT2D eigenvalue weighted by Crippen LogP contribution is 2.32. The summed E-state index contributed by atoms with van der Waals surface area (Å²) in [7, 11) is 2.54. The van der Waals surface area contributed by atoms with E-state index >= 15 is 8.78 Å². The first-order valence-corrected chi connectivity index (χ1v) is 11.3. The second-order valence-corrected chi connectivity index (χ2v) is 8.51. The molecular formula is C23H22F4N4O3S. The third-order valence-electron chi connectivity index (χ3n) is 4.95. The molecule has 1 unspecified atom stereocenters. The van der Waals surface area contributed by atoms with E-state index in [9.17, 15) is 18.1 Å². The van der Waals surface area contributed by atoms with E-state index in [1.165, 1.54) is 37.4 Å². The summed E-state index contributed by atoms with van der Waals surface area (Å²) in [5.41, 5.74) is 0.892. The highest BCUT2D eigenvalue weighted by atomic mass is 32.2. The molecule has 0 aliphatic rings. The first kappa shape index (κ1) is 26.3. The maximum atomic E-state index is 15.2. The van der Waals surface area contributed by atoms with Gasteiger partial charge >= 0.3 is 0 Å². The Morgan fingerprint density at radius 2 is 1.74 bits per heavy atom. The van der Waals surface area contributed by atoms with E-state index in [4.69, 9.17) is 0 Å². The molecule has 1 atom stereocenters. The Kier molecular flexibility index (Phi) is 8.57. The second kappa shape index (κ2) is 11.4. The standard InChI is InChI=1S/C23H22F4N4O3S/c1-12-7-8-17(16(24)9-12)29-22-15(23(32)30-34-3)11-14(20(26)21(22)27)10-13-5-4-6-18(19(13)25)31-35(33)28-2/h4-9,11,28-29,31H,10H2,1-3H3,(H,30,32). The Hall–Kier alpha value is -3.32. The van der Waals surface area contributed by atoms with Crippen LogP contribution in [0.2, 0.25) is 0 Å². The lowest BCUT2D eigenvalue weighted by molar-refractivity contribution is 0.0538. The van der Waals surface area contributed by atoms with Crippen molar-refractivity contribution in [1.29, 1.82) is 0 Å². The minimum atomic E-state index is -1.77. The SMILES string of the molecule is CN[S+]([O-])Nc1cccc(Cc2cc(C(=O)NOC)c(Nc3ccc(C)cc3F)c(F)c2F)c1F. The Morgan fingerprint density at radius 3 is 2.40 bits per heavy atom. The van der Waals surface area contributed by atoms with Crippen molar-refractivity contribution in [1.82, 2.24) is 10.2 Å². The van der Waals surface area contributed by atoms with E-state index in [2.05, 4.69) is 19.6 Å². The molecule has 4 N–H and O–H groups in total. The van der Waals surface area contributed by atoms with Crippen LogP contribution in [0.25, 0.3) is 0 Å². The van der Waals surface area contributed by atoms with Crippen LogP contribution in [0, 0.1) is 30.2 Å². The first-order valence-electron chi connectivity index (χ1n) is 10.2. The van der Waals surface area contributed by atoms with Crippen LogP contribution in [0.3, 0.4) is 0 Å². The number of anilines is 3. The van der Waals surface area contributed by atoms with Crippen molar-refractivity contribution < 1.29 is 31.7 Å². The highest BCUT2D eigenvalue weighted by Gasteiger charge is 2.25. The van der Waals surface area contributed by atoms with Gasteiger partial charge in [-0.25, -0.2) is 23.0 Å². The van der Waals surface area contributed by atoms with E-state index in [0.717, 1.165) is 13.2 Å². The van der Waals surface area contributed by atoms with E-state index in [-0.39, 0.29) is 22.5 Å². The van der Waals surface area contributed by atoms with E-state index in [0.29, 0.717) is 5.56 Å². The normalized spacial score (nSPS) is 11.8. The van der Waals surface area contributed by atoms with Crippen LogP contribution in [-0.4, -0.2) is 24.6 Å². The molecular weight excluding hydrogens is 488 g/mol. The molecule has 3 aromatic rings. The largest absolute Gasteiger partial charge is 0.574 e. The number of hydrogen-bond acceptors (Lipinski definition) is 6. The van der Waals surface area contributed by atoms with Gasteiger partial charge in [-0.1, -0.05) is 18.2 Å². The van der Waals surface area contributed by atoms with Crippen molar-refractivity contribution in [3.05, 3.63) is 88.0 Å². The number of halogens is 4. The van der Waals surface area contributed by atoms with Gasteiger partial charge in [0.2, 0.25) is 0 Å². The molecule has 0 spiro atoms. The average Bonchev–Trinajstić information content (AvgIpc) is 2.82. The minimum Gasteiger partial charge on any atom is -0.574 e. The van der Waals surface area contributed by atoms with Gasteiger partial charge in [-0.15, -0.1) is 4.72 Å². The monoisotopic (exact) mass is 510 g/mol.